The lowest BCUT2D eigenvalue weighted by molar-refractivity contribution is -0.117. The molecule has 0 saturated carbocycles. The minimum atomic E-state index is -0.874. The van der Waals surface area contributed by atoms with Crippen LogP contribution in [0.15, 0.2) is 115 Å². The Morgan fingerprint density at radius 2 is 1.44 bits per heavy atom. The van der Waals surface area contributed by atoms with Crippen molar-refractivity contribution in [2.75, 3.05) is 5.32 Å². The first-order chi connectivity index (χ1) is 18.5. The summed E-state index contributed by atoms with van der Waals surface area (Å²) in [5.41, 5.74) is 11.7. The van der Waals surface area contributed by atoms with Crippen molar-refractivity contribution in [3.05, 3.63) is 144 Å². The fourth-order valence-corrected chi connectivity index (χ4v) is 4.75. The van der Waals surface area contributed by atoms with Gasteiger partial charge in [0.2, 0.25) is 5.91 Å². The van der Waals surface area contributed by atoms with Crippen molar-refractivity contribution < 1.29 is 9.18 Å². The summed E-state index contributed by atoms with van der Waals surface area (Å²) in [7, 11) is 0. The number of amides is 1. The van der Waals surface area contributed by atoms with E-state index in [1.807, 2.05) is 104 Å². The molecule has 0 spiro atoms. The predicted molar refractivity (Wildman–Crippen MR) is 156 cm³/mol. The highest BCUT2D eigenvalue weighted by atomic mass is 35.5. The largest absolute Gasteiger partial charge is 0.325 e. The van der Waals surface area contributed by atoms with Gasteiger partial charge in [-0.3, -0.25) is 9.48 Å². The van der Waals surface area contributed by atoms with E-state index in [1.165, 1.54) is 6.07 Å². The number of aryl methyl sites for hydroxylation is 1. The van der Waals surface area contributed by atoms with Gasteiger partial charge >= 0.3 is 0 Å². The number of carbonyl (C=O) groups excluding carboxylic acids is 1. The number of nitrogens with one attached hydrogen (secondary N) is 1. The van der Waals surface area contributed by atoms with Gasteiger partial charge in [-0.25, -0.2) is 4.39 Å². The van der Waals surface area contributed by atoms with E-state index in [-0.39, 0.29) is 24.2 Å². The molecule has 0 bridgehead atoms. The lowest BCUT2D eigenvalue weighted by Gasteiger charge is -2.24. The summed E-state index contributed by atoms with van der Waals surface area (Å²) in [5.74, 6) is -1.18. The summed E-state index contributed by atoms with van der Waals surface area (Å²) in [5, 5.41) is 7.37. The number of rotatable bonds is 8. The molecule has 7 heteroatoms. The molecule has 1 unspecified atom stereocenters. The number of nitrogens with two attached hydrogens (primary N) is 1. The van der Waals surface area contributed by atoms with E-state index in [4.69, 9.17) is 5.73 Å². The monoisotopic (exact) mass is 540 g/mol. The molecule has 0 aliphatic heterocycles. The molecule has 1 amide bonds. The highest BCUT2D eigenvalue weighted by Gasteiger charge is 2.28. The molecule has 198 valence electrons. The van der Waals surface area contributed by atoms with E-state index in [1.54, 1.807) is 16.8 Å². The van der Waals surface area contributed by atoms with Crippen LogP contribution in [0.5, 0.6) is 0 Å². The van der Waals surface area contributed by atoms with E-state index in [2.05, 4.69) is 10.4 Å². The Labute approximate surface area is 233 Å². The fourth-order valence-electron chi connectivity index (χ4n) is 4.75. The third kappa shape index (κ3) is 6.42. The molecule has 1 aromatic heterocycles. The second kappa shape index (κ2) is 12.5. The normalized spacial score (nSPS) is 11.6. The number of anilines is 1. The number of nitrogens with zero attached hydrogens (tertiary/aromatic N) is 2. The van der Waals surface area contributed by atoms with Gasteiger partial charge in [-0.15, -0.1) is 12.4 Å². The summed E-state index contributed by atoms with van der Waals surface area (Å²) >= 11 is 0. The molecular weight excluding hydrogens is 511 g/mol. The molecule has 0 aliphatic rings. The van der Waals surface area contributed by atoms with E-state index in [0.29, 0.717) is 23.4 Å². The SMILES string of the molecule is Cc1nn(Cc2ccccc2)cc1-c1ccc(NC(=O)C(N)C(c2ccccc2)c2ccccc2)cc1F.Cl. The van der Waals surface area contributed by atoms with Gasteiger partial charge < -0.3 is 11.1 Å². The van der Waals surface area contributed by atoms with Crippen LogP contribution in [-0.2, 0) is 11.3 Å². The molecule has 1 heterocycles. The van der Waals surface area contributed by atoms with Crippen LogP contribution in [0.3, 0.4) is 0 Å². The first-order valence-electron chi connectivity index (χ1n) is 12.5. The number of hydrogen-bond acceptors (Lipinski definition) is 3. The Bertz CT molecular complexity index is 1480. The van der Waals surface area contributed by atoms with Crippen LogP contribution in [0.2, 0.25) is 0 Å². The van der Waals surface area contributed by atoms with Crippen LogP contribution >= 0.6 is 12.4 Å². The average molecular weight is 541 g/mol. The van der Waals surface area contributed by atoms with Crippen LogP contribution < -0.4 is 11.1 Å². The van der Waals surface area contributed by atoms with Crippen LogP contribution in [0, 0.1) is 12.7 Å². The number of carbonyl (C=O) groups is 1. The topological polar surface area (TPSA) is 72.9 Å². The van der Waals surface area contributed by atoms with Crippen LogP contribution in [0.1, 0.15) is 28.3 Å². The summed E-state index contributed by atoms with van der Waals surface area (Å²) in [6.07, 6.45) is 1.85. The summed E-state index contributed by atoms with van der Waals surface area (Å²) in [4.78, 5) is 13.2. The van der Waals surface area contributed by atoms with Gasteiger partial charge in [-0.1, -0.05) is 91.0 Å². The Morgan fingerprint density at radius 3 is 2.00 bits per heavy atom. The van der Waals surface area contributed by atoms with E-state index >= 15 is 4.39 Å². The van der Waals surface area contributed by atoms with Crippen molar-refractivity contribution in [3.8, 4) is 11.1 Å². The van der Waals surface area contributed by atoms with E-state index in [0.717, 1.165) is 22.4 Å². The zero-order chi connectivity index (χ0) is 26.5. The minimum Gasteiger partial charge on any atom is -0.325 e. The first kappa shape index (κ1) is 27.8. The predicted octanol–water partition coefficient (Wildman–Crippen LogP) is 6.57. The van der Waals surface area contributed by atoms with Gasteiger partial charge in [0.1, 0.15) is 5.82 Å². The van der Waals surface area contributed by atoms with Crippen LogP contribution in [-0.4, -0.2) is 21.7 Å². The number of halogens is 2. The summed E-state index contributed by atoms with van der Waals surface area (Å²) < 4.78 is 17.1. The standard InChI is InChI=1S/C32H29FN4O.ClH/c1-22-28(21-37(36-22)20-23-11-5-2-6-12-23)27-18-17-26(19-29(27)33)35-32(38)31(34)30(24-13-7-3-8-14-24)25-15-9-4-10-16-25;/h2-19,21,30-31H,20,34H2,1H3,(H,35,38);1H. The maximum atomic E-state index is 15.3. The maximum Gasteiger partial charge on any atom is 0.242 e. The maximum absolute atomic E-state index is 15.3. The Kier molecular flexibility index (Phi) is 8.92. The van der Waals surface area contributed by atoms with Gasteiger partial charge in [0.25, 0.3) is 0 Å². The van der Waals surface area contributed by atoms with Crippen molar-refractivity contribution >= 4 is 24.0 Å². The second-order valence-electron chi connectivity index (χ2n) is 9.32. The molecule has 5 nitrogen and oxygen atoms in total. The number of aromatic nitrogens is 2. The molecule has 0 saturated heterocycles. The van der Waals surface area contributed by atoms with Crippen molar-refractivity contribution in [2.45, 2.75) is 25.4 Å². The van der Waals surface area contributed by atoms with Crippen LogP contribution in [0.4, 0.5) is 10.1 Å². The van der Waals surface area contributed by atoms with Gasteiger partial charge in [-0.2, -0.15) is 5.10 Å². The molecule has 0 radical (unpaired) electrons. The van der Waals surface area contributed by atoms with Crippen molar-refractivity contribution in [1.82, 2.24) is 9.78 Å². The molecule has 5 aromatic rings. The van der Waals surface area contributed by atoms with Gasteiger partial charge in [0, 0.05) is 28.9 Å². The van der Waals surface area contributed by atoms with Crippen molar-refractivity contribution in [2.24, 2.45) is 5.73 Å². The first-order valence-corrected chi connectivity index (χ1v) is 12.5. The Morgan fingerprint density at radius 1 is 0.872 bits per heavy atom. The number of benzene rings is 4. The Hall–Kier alpha value is -4.26. The molecule has 0 aliphatic carbocycles. The molecule has 4 aromatic carbocycles. The summed E-state index contributed by atoms with van der Waals surface area (Å²) in [6.45, 7) is 2.46. The smallest absolute Gasteiger partial charge is 0.242 e. The van der Waals surface area contributed by atoms with Gasteiger partial charge in [0.15, 0.2) is 0 Å². The lowest BCUT2D eigenvalue weighted by Crippen LogP contribution is -2.41. The van der Waals surface area contributed by atoms with Crippen LogP contribution in [0.25, 0.3) is 11.1 Å². The molecule has 0 fully saturated rings. The van der Waals surface area contributed by atoms with Gasteiger partial charge in [0.05, 0.1) is 18.3 Å². The third-order valence-electron chi connectivity index (χ3n) is 6.64. The quantitative estimate of drug-likeness (QED) is 0.234. The van der Waals surface area contributed by atoms with Crippen molar-refractivity contribution in [3.63, 3.8) is 0 Å². The van der Waals surface area contributed by atoms with Crippen molar-refractivity contribution in [1.29, 1.82) is 0 Å². The van der Waals surface area contributed by atoms with Gasteiger partial charge in [-0.05, 0) is 41.8 Å². The molecule has 1 atom stereocenters. The zero-order valence-corrected chi connectivity index (χ0v) is 22.3. The second-order valence-corrected chi connectivity index (χ2v) is 9.32. The molecule has 5 rings (SSSR count). The zero-order valence-electron chi connectivity index (χ0n) is 21.5. The molecule has 39 heavy (non-hydrogen) atoms. The highest BCUT2D eigenvalue weighted by Crippen LogP contribution is 2.30. The highest BCUT2D eigenvalue weighted by molar-refractivity contribution is 5.96. The summed E-state index contributed by atoms with van der Waals surface area (Å²) in [6, 6.07) is 33.2. The fraction of sp³-hybridized carbons (Fsp3) is 0.125. The van der Waals surface area contributed by atoms with E-state index in [9.17, 15) is 4.79 Å². The number of hydrogen-bond donors (Lipinski definition) is 2. The third-order valence-corrected chi connectivity index (χ3v) is 6.64. The average Bonchev–Trinajstić information content (AvgIpc) is 3.30. The van der Waals surface area contributed by atoms with E-state index < -0.39 is 11.9 Å². The molecule has 3 N–H and O–H groups in total. The molecular formula is C32H30ClFN4O. The Balaban J connectivity index is 0.00000353. The minimum absolute atomic E-state index is 0. The lowest BCUT2D eigenvalue weighted by atomic mass is 9.85.